The second-order valence-corrected chi connectivity index (χ2v) is 2.78. The average Bonchev–Trinajstić information content (AvgIpc) is 2.04. The van der Waals surface area contributed by atoms with Gasteiger partial charge in [-0.1, -0.05) is 0 Å². The van der Waals surface area contributed by atoms with Crippen LogP contribution in [0, 0.1) is 0 Å². The fourth-order valence-electron chi connectivity index (χ4n) is 0.819. The number of carbonyl (C=O) groups excluding carboxylic acids is 1. The number of pyridine rings is 1. The van der Waals surface area contributed by atoms with Gasteiger partial charge in [-0.15, -0.1) is 0 Å². The second-order valence-electron chi connectivity index (χ2n) is 2.78. The van der Waals surface area contributed by atoms with E-state index in [0.717, 1.165) is 0 Å². The molecule has 0 aromatic carbocycles. The van der Waals surface area contributed by atoms with Crippen molar-refractivity contribution < 1.29 is 4.79 Å². The summed E-state index contributed by atoms with van der Waals surface area (Å²) in [5.74, 6) is -0.249. The number of hydrazine groups is 1. The molecule has 13 heavy (non-hydrogen) atoms. The minimum Gasteiger partial charge on any atom is -0.328 e. The van der Waals surface area contributed by atoms with Gasteiger partial charge in [0.05, 0.1) is 5.56 Å². The monoisotopic (exact) mass is 181 g/mol. The maximum absolute atomic E-state index is 11.3. The summed E-state index contributed by atoms with van der Waals surface area (Å²) in [6, 6.07) is 2.78. The Kier molecular flexibility index (Phi) is 2.81. The SMILES string of the molecule is CN(C)NC(=O)c1ccc(=O)[nH]c1. The summed E-state index contributed by atoms with van der Waals surface area (Å²) in [6.45, 7) is 0. The van der Waals surface area contributed by atoms with E-state index in [-0.39, 0.29) is 11.5 Å². The molecule has 0 fully saturated rings. The largest absolute Gasteiger partial charge is 0.328 e. The number of aromatic nitrogens is 1. The van der Waals surface area contributed by atoms with Gasteiger partial charge in [0.1, 0.15) is 0 Å². The van der Waals surface area contributed by atoms with E-state index in [2.05, 4.69) is 10.4 Å². The summed E-state index contributed by atoms with van der Waals surface area (Å²) in [4.78, 5) is 24.4. The topological polar surface area (TPSA) is 65.2 Å². The number of hydrogen-bond donors (Lipinski definition) is 2. The van der Waals surface area contributed by atoms with Gasteiger partial charge < -0.3 is 4.98 Å². The van der Waals surface area contributed by atoms with Crippen LogP contribution in [0.2, 0.25) is 0 Å². The highest BCUT2D eigenvalue weighted by Crippen LogP contribution is 1.92. The van der Waals surface area contributed by atoms with Crippen molar-refractivity contribution in [2.75, 3.05) is 14.1 Å². The van der Waals surface area contributed by atoms with Gasteiger partial charge in [-0.3, -0.25) is 15.0 Å². The number of aromatic amines is 1. The van der Waals surface area contributed by atoms with Crippen LogP contribution in [0.5, 0.6) is 0 Å². The van der Waals surface area contributed by atoms with E-state index in [1.54, 1.807) is 14.1 Å². The molecule has 0 spiro atoms. The predicted octanol–water partition coefficient (Wildman–Crippen LogP) is -0.419. The van der Waals surface area contributed by atoms with Crippen molar-refractivity contribution in [1.29, 1.82) is 0 Å². The average molecular weight is 181 g/mol. The van der Waals surface area contributed by atoms with Crippen molar-refractivity contribution in [3.05, 3.63) is 34.2 Å². The van der Waals surface area contributed by atoms with Crippen molar-refractivity contribution in [2.24, 2.45) is 0 Å². The van der Waals surface area contributed by atoms with Crippen LogP contribution in [0.15, 0.2) is 23.1 Å². The molecule has 1 aromatic rings. The lowest BCUT2D eigenvalue weighted by Gasteiger charge is -2.10. The molecule has 0 unspecified atom stereocenters. The van der Waals surface area contributed by atoms with Gasteiger partial charge in [0.15, 0.2) is 0 Å². The molecule has 0 saturated heterocycles. The third kappa shape index (κ3) is 2.72. The first-order valence-corrected chi connectivity index (χ1v) is 3.76. The summed E-state index contributed by atoms with van der Waals surface area (Å²) in [5.41, 5.74) is 2.75. The third-order valence-electron chi connectivity index (χ3n) is 1.37. The number of H-pyrrole nitrogens is 1. The first-order valence-electron chi connectivity index (χ1n) is 3.76. The lowest BCUT2D eigenvalue weighted by atomic mass is 10.3. The van der Waals surface area contributed by atoms with Crippen molar-refractivity contribution in [3.63, 3.8) is 0 Å². The fourth-order valence-corrected chi connectivity index (χ4v) is 0.819. The first kappa shape index (κ1) is 9.47. The zero-order valence-corrected chi connectivity index (χ0v) is 7.50. The number of nitrogens with zero attached hydrogens (tertiary/aromatic N) is 1. The molecule has 1 aromatic heterocycles. The number of amides is 1. The summed E-state index contributed by atoms with van der Waals surface area (Å²) in [5, 5.41) is 1.54. The normalized spacial score (nSPS) is 10.1. The molecule has 0 aliphatic rings. The Balaban J connectivity index is 2.78. The Labute approximate surface area is 75.3 Å². The molecule has 1 heterocycles. The van der Waals surface area contributed by atoms with E-state index in [4.69, 9.17) is 0 Å². The van der Waals surface area contributed by atoms with E-state index in [1.165, 1.54) is 23.3 Å². The summed E-state index contributed by atoms with van der Waals surface area (Å²) < 4.78 is 0. The Morgan fingerprint density at radius 3 is 2.62 bits per heavy atom. The van der Waals surface area contributed by atoms with E-state index < -0.39 is 0 Å². The highest BCUT2D eigenvalue weighted by Gasteiger charge is 2.04. The summed E-state index contributed by atoms with van der Waals surface area (Å²) in [6.07, 6.45) is 1.38. The Hall–Kier alpha value is -1.62. The van der Waals surface area contributed by atoms with Gasteiger partial charge in [-0.25, -0.2) is 5.01 Å². The van der Waals surface area contributed by atoms with Crippen LogP contribution in [0.3, 0.4) is 0 Å². The zero-order chi connectivity index (χ0) is 9.84. The molecule has 0 atom stereocenters. The van der Waals surface area contributed by atoms with Gasteiger partial charge in [-0.2, -0.15) is 0 Å². The van der Waals surface area contributed by atoms with E-state index >= 15 is 0 Å². The lowest BCUT2D eigenvalue weighted by Crippen LogP contribution is -2.36. The standard InChI is InChI=1S/C8H11N3O2/c1-11(2)10-8(13)6-3-4-7(12)9-5-6/h3-5H,1-2H3,(H,9,12)(H,10,13). The maximum atomic E-state index is 11.3. The first-order chi connectivity index (χ1) is 6.09. The molecule has 0 radical (unpaired) electrons. The van der Waals surface area contributed by atoms with Gasteiger partial charge in [0.2, 0.25) is 5.56 Å². The van der Waals surface area contributed by atoms with Crippen LogP contribution in [0.25, 0.3) is 0 Å². The number of rotatable bonds is 2. The van der Waals surface area contributed by atoms with Crippen LogP contribution < -0.4 is 11.0 Å². The Bertz CT molecular complexity index is 336. The Morgan fingerprint density at radius 1 is 1.46 bits per heavy atom. The van der Waals surface area contributed by atoms with Crippen LogP contribution in [-0.2, 0) is 0 Å². The van der Waals surface area contributed by atoms with Crippen LogP contribution in [-0.4, -0.2) is 30.0 Å². The van der Waals surface area contributed by atoms with Crippen LogP contribution in [0.4, 0.5) is 0 Å². The van der Waals surface area contributed by atoms with Crippen LogP contribution >= 0.6 is 0 Å². The molecule has 1 amide bonds. The minimum atomic E-state index is -0.249. The van der Waals surface area contributed by atoms with Crippen molar-refractivity contribution in [3.8, 4) is 0 Å². The predicted molar refractivity (Wildman–Crippen MR) is 48.2 cm³/mol. The maximum Gasteiger partial charge on any atom is 0.267 e. The highest BCUT2D eigenvalue weighted by atomic mass is 16.2. The summed E-state index contributed by atoms with van der Waals surface area (Å²) >= 11 is 0. The number of nitrogens with one attached hydrogen (secondary N) is 2. The molecule has 0 aliphatic heterocycles. The molecule has 2 N–H and O–H groups in total. The van der Waals surface area contributed by atoms with E-state index in [0.29, 0.717) is 5.56 Å². The van der Waals surface area contributed by atoms with Crippen molar-refractivity contribution in [2.45, 2.75) is 0 Å². The van der Waals surface area contributed by atoms with Gasteiger partial charge in [0.25, 0.3) is 5.91 Å². The highest BCUT2D eigenvalue weighted by molar-refractivity contribution is 5.93. The quantitative estimate of drug-likeness (QED) is 0.609. The molecule has 5 heteroatoms. The number of hydrogen-bond acceptors (Lipinski definition) is 3. The summed E-state index contributed by atoms with van der Waals surface area (Å²) in [7, 11) is 3.42. The van der Waals surface area contributed by atoms with E-state index in [9.17, 15) is 9.59 Å². The fraction of sp³-hybridized carbons (Fsp3) is 0.250. The molecule has 0 aliphatic carbocycles. The van der Waals surface area contributed by atoms with Crippen molar-refractivity contribution in [1.82, 2.24) is 15.4 Å². The van der Waals surface area contributed by atoms with Gasteiger partial charge in [-0.05, 0) is 6.07 Å². The zero-order valence-electron chi connectivity index (χ0n) is 7.50. The van der Waals surface area contributed by atoms with Gasteiger partial charge in [0, 0.05) is 26.4 Å². The van der Waals surface area contributed by atoms with Crippen LogP contribution in [0.1, 0.15) is 10.4 Å². The Morgan fingerprint density at radius 2 is 2.15 bits per heavy atom. The van der Waals surface area contributed by atoms with Crippen molar-refractivity contribution >= 4 is 5.91 Å². The second kappa shape index (κ2) is 3.86. The molecular formula is C8H11N3O2. The van der Waals surface area contributed by atoms with E-state index in [1.807, 2.05) is 0 Å². The molecule has 70 valence electrons. The third-order valence-corrected chi connectivity index (χ3v) is 1.37. The molecule has 5 nitrogen and oxygen atoms in total. The molecule has 1 rings (SSSR count). The minimum absolute atomic E-state index is 0.221. The molecular weight excluding hydrogens is 170 g/mol. The molecule has 0 bridgehead atoms. The number of carbonyl (C=O) groups is 1. The lowest BCUT2D eigenvalue weighted by molar-refractivity contribution is 0.0856. The van der Waals surface area contributed by atoms with Gasteiger partial charge >= 0.3 is 0 Å². The molecule has 0 saturated carbocycles. The smallest absolute Gasteiger partial charge is 0.267 e.